The molecule has 0 spiro atoms. The Morgan fingerprint density at radius 1 is 1.45 bits per heavy atom. The lowest BCUT2D eigenvalue weighted by Gasteiger charge is -2.27. The number of nitrogens with zero attached hydrogens (tertiary/aromatic N) is 2. The van der Waals surface area contributed by atoms with E-state index in [-0.39, 0.29) is 10.7 Å². The monoisotopic (exact) mass is 326 g/mol. The van der Waals surface area contributed by atoms with E-state index in [9.17, 15) is 14.9 Å². The van der Waals surface area contributed by atoms with Gasteiger partial charge in [-0.1, -0.05) is 11.6 Å². The largest absolute Gasteiger partial charge is 0.443 e. The third kappa shape index (κ3) is 4.34. The molecule has 1 aromatic rings. The van der Waals surface area contributed by atoms with Crippen LogP contribution in [-0.4, -0.2) is 23.2 Å². The van der Waals surface area contributed by atoms with Gasteiger partial charge in [0.05, 0.1) is 10.6 Å². The van der Waals surface area contributed by atoms with Gasteiger partial charge >= 0.3 is 6.09 Å². The molecule has 2 rings (SSSR count). The molecule has 1 aliphatic carbocycles. The van der Waals surface area contributed by atoms with Crippen molar-refractivity contribution in [3.63, 3.8) is 0 Å². The minimum absolute atomic E-state index is 0.0457. The smallest absolute Gasteiger partial charge is 0.414 e. The Bertz CT molecular complexity index is 594. The zero-order valence-electron chi connectivity index (χ0n) is 12.8. The number of carbonyl (C=O) groups is 1. The minimum Gasteiger partial charge on any atom is -0.443 e. The molecule has 0 heterocycles. The highest BCUT2D eigenvalue weighted by molar-refractivity contribution is 6.32. The number of nitro groups is 1. The van der Waals surface area contributed by atoms with E-state index in [0.29, 0.717) is 18.2 Å². The number of hydrogen-bond acceptors (Lipinski definition) is 4. The molecule has 7 heteroatoms. The number of amides is 1. The zero-order chi connectivity index (χ0) is 16.5. The van der Waals surface area contributed by atoms with E-state index in [0.717, 1.165) is 12.8 Å². The summed E-state index contributed by atoms with van der Waals surface area (Å²) in [7, 11) is 0. The van der Waals surface area contributed by atoms with Gasteiger partial charge in [-0.2, -0.15) is 0 Å². The summed E-state index contributed by atoms with van der Waals surface area (Å²) in [4.78, 5) is 24.3. The second-order valence-electron chi connectivity index (χ2n) is 6.43. The van der Waals surface area contributed by atoms with E-state index in [1.54, 1.807) is 26.8 Å². The number of anilines is 1. The normalized spacial score (nSPS) is 14.5. The summed E-state index contributed by atoms with van der Waals surface area (Å²) in [6.07, 6.45) is 1.60. The summed E-state index contributed by atoms with van der Waals surface area (Å²) in [6, 6.07) is 4.34. The molecule has 0 saturated heterocycles. The van der Waals surface area contributed by atoms with Gasteiger partial charge in [0.25, 0.3) is 5.69 Å². The van der Waals surface area contributed by atoms with E-state index in [4.69, 9.17) is 16.3 Å². The Morgan fingerprint density at radius 2 is 2.09 bits per heavy atom. The van der Waals surface area contributed by atoms with Crippen molar-refractivity contribution in [3.05, 3.63) is 33.3 Å². The molecule has 0 atom stereocenters. The molecule has 0 radical (unpaired) electrons. The Balaban J connectivity index is 2.30. The van der Waals surface area contributed by atoms with E-state index in [1.165, 1.54) is 17.0 Å². The maximum absolute atomic E-state index is 12.4. The van der Waals surface area contributed by atoms with Crippen LogP contribution in [0.15, 0.2) is 18.2 Å². The van der Waals surface area contributed by atoms with Crippen LogP contribution in [0.4, 0.5) is 16.2 Å². The molecule has 0 aromatic heterocycles. The highest BCUT2D eigenvalue weighted by Gasteiger charge is 2.31. The highest BCUT2D eigenvalue weighted by atomic mass is 35.5. The van der Waals surface area contributed by atoms with Crippen LogP contribution < -0.4 is 4.90 Å². The van der Waals surface area contributed by atoms with Crippen molar-refractivity contribution in [1.82, 2.24) is 0 Å². The van der Waals surface area contributed by atoms with E-state index in [1.807, 2.05) is 0 Å². The number of benzene rings is 1. The second-order valence-corrected chi connectivity index (χ2v) is 6.83. The SMILES string of the molecule is CC(C)(C)OC(=O)N(CC1CC1)c1ccc(Cl)c([N+](=O)[O-])c1. The average Bonchev–Trinajstić information content (AvgIpc) is 3.18. The Labute approximate surface area is 134 Å². The topological polar surface area (TPSA) is 72.7 Å². The van der Waals surface area contributed by atoms with Crippen molar-refractivity contribution >= 4 is 29.1 Å². The molecule has 0 unspecified atom stereocenters. The standard InChI is InChI=1S/C15H19ClN2O4/c1-15(2,3)22-14(19)17(9-10-4-5-10)11-6-7-12(16)13(8-11)18(20)21/h6-8,10H,4-5,9H2,1-3H3. The summed E-state index contributed by atoms with van der Waals surface area (Å²) in [5, 5.41) is 11.1. The molecule has 0 N–H and O–H groups in total. The summed E-state index contributed by atoms with van der Waals surface area (Å²) < 4.78 is 5.40. The lowest BCUT2D eigenvalue weighted by atomic mass is 10.2. The first-order chi connectivity index (χ1) is 10.2. The fraction of sp³-hybridized carbons (Fsp3) is 0.533. The van der Waals surface area contributed by atoms with Crippen LogP contribution in [0.25, 0.3) is 0 Å². The molecule has 1 saturated carbocycles. The molecule has 22 heavy (non-hydrogen) atoms. The Hall–Kier alpha value is -1.82. The van der Waals surface area contributed by atoms with Crippen LogP contribution in [0.5, 0.6) is 0 Å². The summed E-state index contributed by atoms with van der Waals surface area (Å²) in [5.74, 6) is 0.419. The van der Waals surface area contributed by atoms with Crippen LogP contribution in [0.2, 0.25) is 5.02 Å². The lowest BCUT2D eigenvalue weighted by molar-refractivity contribution is -0.384. The van der Waals surface area contributed by atoms with Crippen molar-refractivity contribution < 1.29 is 14.5 Å². The first-order valence-electron chi connectivity index (χ1n) is 7.12. The van der Waals surface area contributed by atoms with Gasteiger partial charge in [-0.3, -0.25) is 15.0 Å². The molecule has 0 aliphatic heterocycles. The van der Waals surface area contributed by atoms with Gasteiger partial charge in [0.2, 0.25) is 0 Å². The maximum Gasteiger partial charge on any atom is 0.414 e. The Morgan fingerprint density at radius 3 is 2.59 bits per heavy atom. The summed E-state index contributed by atoms with van der Waals surface area (Å²) in [5.41, 5.74) is -0.419. The molecule has 6 nitrogen and oxygen atoms in total. The van der Waals surface area contributed by atoms with Gasteiger partial charge in [0.15, 0.2) is 0 Å². The van der Waals surface area contributed by atoms with E-state index < -0.39 is 16.6 Å². The minimum atomic E-state index is -0.628. The van der Waals surface area contributed by atoms with Crippen LogP contribution in [0, 0.1) is 16.0 Å². The van der Waals surface area contributed by atoms with Crippen LogP contribution in [0.1, 0.15) is 33.6 Å². The van der Waals surface area contributed by atoms with Gasteiger partial charge in [-0.05, 0) is 51.7 Å². The maximum atomic E-state index is 12.4. The summed E-state index contributed by atoms with van der Waals surface area (Å²) in [6.45, 7) is 5.84. The molecule has 1 aromatic carbocycles. The second kappa shape index (κ2) is 6.12. The van der Waals surface area contributed by atoms with Crippen LogP contribution >= 0.6 is 11.6 Å². The van der Waals surface area contributed by atoms with Crippen molar-refractivity contribution in [2.24, 2.45) is 5.92 Å². The molecular weight excluding hydrogens is 308 g/mol. The van der Waals surface area contributed by atoms with Gasteiger partial charge in [0, 0.05) is 12.6 Å². The number of rotatable bonds is 4. The number of ether oxygens (including phenoxy) is 1. The molecule has 0 bridgehead atoms. The predicted molar refractivity (Wildman–Crippen MR) is 84.4 cm³/mol. The molecule has 1 fully saturated rings. The lowest BCUT2D eigenvalue weighted by Crippen LogP contribution is -2.38. The first-order valence-corrected chi connectivity index (χ1v) is 7.49. The molecular formula is C15H19ClN2O4. The average molecular weight is 327 g/mol. The van der Waals surface area contributed by atoms with Crippen molar-refractivity contribution in [2.75, 3.05) is 11.4 Å². The third-order valence-corrected chi connectivity index (χ3v) is 3.51. The quantitative estimate of drug-likeness (QED) is 0.607. The van der Waals surface area contributed by atoms with Gasteiger partial charge in [-0.25, -0.2) is 4.79 Å². The van der Waals surface area contributed by atoms with E-state index in [2.05, 4.69) is 0 Å². The van der Waals surface area contributed by atoms with Crippen LogP contribution in [-0.2, 0) is 4.74 Å². The molecule has 120 valence electrons. The van der Waals surface area contributed by atoms with Crippen molar-refractivity contribution in [2.45, 2.75) is 39.2 Å². The number of carbonyl (C=O) groups excluding carboxylic acids is 1. The zero-order valence-corrected chi connectivity index (χ0v) is 13.6. The Kier molecular flexibility index (Phi) is 4.60. The third-order valence-electron chi connectivity index (χ3n) is 3.19. The van der Waals surface area contributed by atoms with E-state index >= 15 is 0 Å². The highest BCUT2D eigenvalue weighted by Crippen LogP contribution is 2.34. The van der Waals surface area contributed by atoms with Gasteiger partial charge in [-0.15, -0.1) is 0 Å². The van der Waals surface area contributed by atoms with Crippen molar-refractivity contribution in [3.8, 4) is 0 Å². The first kappa shape index (κ1) is 16.5. The number of hydrogen-bond donors (Lipinski definition) is 0. The fourth-order valence-electron chi connectivity index (χ4n) is 1.97. The number of halogens is 1. The van der Waals surface area contributed by atoms with Gasteiger partial charge in [0.1, 0.15) is 10.6 Å². The van der Waals surface area contributed by atoms with Crippen molar-refractivity contribution in [1.29, 1.82) is 0 Å². The predicted octanol–water partition coefficient (Wildman–Crippen LogP) is 4.40. The van der Waals surface area contributed by atoms with Crippen LogP contribution in [0.3, 0.4) is 0 Å². The molecule has 1 aliphatic rings. The summed E-state index contributed by atoms with van der Waals surface area (Å²) >= 11 is 5.82. The van der Waals surface area contributed by atoms with Gasteiger partial charge < -0.3 is 4.74 Å². The number of nitro benzene ring substituents is 1. The fourth-order valence-corrected chi connectivity index (χ4v) is 2.16. The molecule has 1 amide bonds.